The van der Waals surface area contributed by atoms with Crippen molar-refractivity contribution in [2.75, 3.05) is 48.8 Å². The molecule has 0 saturated carbocycles. The smallest absolute Gasteiger partial charge is 0.405 e. The lowest BCUT2D eigenvalue weighted by atomic mass is 10.1. The first-order chi connectivity index (χ1) is 17.0. The molecule has 2 heterocycles. The molecule has 1 aliphatic rings. The van der Waals surface area contributed by atoms with Gasteiger partial charge in [0, 0.05) is 49.5 Å². The molecule has 0 radical (unpaired) electrons. The Hall–Kier alpha value is -2.96. The lowest BCUT2D eigenvalue weighted by Gasteiger charge is -2.35. The van der Waals surface area contributed by atoms with Crippen LogP contribution in [0, 0.1) is 0 Å². The van der Waals surface area contributed by atoms with Crippen LogP contribution in [0.2, 0.25) is 5.02 Å². The Morgan fingerprint density at radius 2 is 1.81 bits per heavy atom. The first-order valence-corrected chi connectivity index (χ1v) is 12.1. The van der Waals surface area contributed by atoms with E-state index in [2.05, 4.69) is 46.2 Å². The van der Waals surface area contributed by atoms with E-state index in [-0.39, 0.29) is 11.3 Å². The fourth-order valence-electron chi connectivity index (χ4n) is 3.92. The minimum atomic E-state index is -4.89. The van der Waals surface area contributed by atoms with Crippen molar-refractivity contribution in [3.8, 4) is 17.0 Å². The van der Waals surface area contributed by atoms with Gasteiger partial charge in [-0.3, -0.25) is 4.68 Å². The van der Waals surface area contributed by atoms with Gasteiger partial charge in [0.05, 0.1) is 27.7 Å². The van der Waals surface area contributed by atoms with E-state index in [1.54, 1.807) is 25.2 Å². The van der Waals surface area contributed by atoms with Gasteiger partial charge in [-0.15, -0.1) is 13.2 Å². The minimum Gasteiger partial charge on any atom is -0.405 e. The largest absolute Gasteiger partial charge is 0.573 e. The van der Waals surface area contributed by atoms with Crippen molar-refractivity contribution in [1.29, 1.82) is 0 Å². The van der Waals surface area contributed by atoms with Crippen LogP contribution in [-0.4, -0.2) is 60.3 Å². The zero-order chi connectivity index (χ0) is 26.0. The monoisotopic (exact) mass is 586 g/mol. The fraction of sp³-hybridized carbons (Fsp3) is 0.304. The summed E-state index contributed by atoms with van der Waals surface area (Å²) in [4.78, 5) is 17.2. The molecule has 2 N–H and O–H groups in total. The third-order valence-electron chi connectivity index (χ3n) is 5.66. The zero-order valence-electron chi connectivity index (χ0n) is 19.4. The number of piperazine rings is 1. The summed E-state index contributed by atoms with van der Waals surface area (Å²) in [5, 5.41) is 10.1. The van der Waals surface area contributed by atoms with E-state index < -0.39 is 18.1 Å². The molecule has 0 bridgehead atoms. The van der Waals surface area contributed by atoms with E-state index >= 15 is 0 Å². The average Bonchev–Trinajstić information content (AvgIpc) is 3.13. The number of urea groups is 1. The zero-order valence-corrected chi connectivity index (χ0v) is 21.7. The number of nitrogens with one attached hydrogen (secondary N) is 2. The minimum absolute atomic E-state index is 0.0987. The number of ether oxygens (including phenoxy) is 1. The molecule has 2 amide bonds. The molecule has 1 fully saturated rings. The number of hydrogen-bond acceptors (Lipinski definition) is 5. The van der Waals surface area contributed by atoms with Gasteiger partial charge < -0.3 is 25.2 Å². The topological polar surface area (TPSA) is 74.7 Å². The molecule has 0 spiro atoms. The molecule has 0 aliphatic carbocycles. The molecular weight excluding hydrogens is 565 g/mol. The van der Waals surface area contributed by atoms with Crippen LogP contribution in [0.15, 0.2) is 47.1 Å². The lowest BCUT2D eigenvalue weighted by molar-refractivity contribution is -0.274. The van der Waals surface area contributed by atoms with Crippen LogP contribution in [0.1, 0.15) is 0 Å². The molecule has 4 rings (SSSR count). The summed E-state index contributed by atoms with van der Waals surface area (Å²) in [5.41, 5.74) is 2.07. The van der Waals surface area contributed by atoms with Gasteiger partial charge in [0.25, 0.3) is 0 Å². The Morgan fingerprint density at radius 1 is 1.08 bits per heavy atom. The van der Waals surface area contributed by atoms with Gasteiger partial charge in [0.2, 0.25) is 0 Å². The van der Waals surface area contributed by atoms with Gasteiger partial charge in [0.1, 0.15) is 5.75 Å². The van der Waals surface area contributed by atoms with Crippen LogP contribution in [0.4, 0.5) is 35.0 Å². The van der Waals surface area contributed by atoms with Crippen LogP contribution in [0.25, 0.3) is 11.3 Å². The van der Waals surface area contributed by atoms with E-state index in [1.165, 1.54) is 23.0 Å². The second-order valence-electron chi connectivity index (χ2n) is 8.25. The van der Waals surface area contributed by atoms with Gasteiger partial charge >= 0.3 is 12.4 Å². The number of nitrogens with zero attached hydrogens (tertiary/aromatic N) is 4. The Balaban J connectivity index is 1.58. The summed E-state index contributed by atoms with van der Waals surface area (Å²) in [6, 6.07) is 8.50. The van der Waals surface area contributed by atoms with E-state index in [0.29, 0.717) is 20.9 Å². The van der Waals surface area contributed by atoms with E-state index in [0.717, 1.165) is 37.9 Å². The highest BCUT2D eigenvalue weighted by molar-refractivity contribution is 9.10. The predicted octanol–water partition coefficient (Wildman–Crippen LogP) is 5.80. The van der Waals surface area contributed by atoms with Crippen molar-refractivity contribution in [3.05, 3.63) is 52.1 Å². The third-order valence-corrected chi connectivity index (χ3v) is 6.48. The number of rotatable bonds is 5. The molecule has 36 heavy (non-hydrogen) atoms. The predicted molar refractivity (Wildman–Crippen MR) is 137 cm³/mol. The maximum atomic E-state index is 13.0. The van der Waals surface area contributed by atoms with Crippen molar-refractivity contribution < 1.29 is 22.7 Å². The molecule has 0 unspecified atom stereocenters. The normalized spacial score (nSPS) is 14.6. The SMILES string of the molecule is CN1CCN(c2cc(Cl)ccc2NC(=O)Nc2ccc(OC(F)(F)F)c(-c3c(Br)cnn3C)c2)CC1. The van der Waals surface area contributed by atoms with Gasteiger partial charge in [-0.2, -0.15) is 5.10 Å². The second-order valence-corrected chi connectivity index (χ2v) is 9.55. The maximum Gasteiger partial charge on any atom is 0.573 e. The van der Waals surface area contributed by atoms with Crippen molar-refractivity contribution in [2.24, 2.45) is 7.05 Å². The van der Waals surface area contributed by atoms with E-state index in [9.17, 15) is 18.0 Å². The van der Waals surface area contributed by atoms with Gasteiger partial charge in [-0.05, 0) is 59.4 Å². The highest BCUT2D eigenvalue weighted by Gasteiger charge is 2.33. The molecular formula is C23H23BrClF3N6O2. The van der Waals surface area contributed by atoms with E-state index in [4.69, 9.17) is 11.6 Å². The van der Waals surface area contributed by atoms with Crippen molar-refractivity contribution in [3.63, 3.8) is 0 Å². The van der Waals surface area contributed by atoms with Gasteiger partial charge in [-0.1, -0.05) is 11.6 Å². The number of halogens is 5. The lowest BCUT2D eigenvalue weighted by Crippen LogP contribution is -2.44. The standard InChI is InChI=1S/C23H23BrClF3N6O2/c1-32-7-9-34(10-8-32)19-11-14(25)3-5-18(19)31-22(35)30-15-4-6-20(36-23(26,27)28)16(12-15)21-17(24)13-29-33(21)2/h3-6,11-13H,7-10H2,1-2H3,(H2,30,31,35). The average molecular weight is 588 g/mol. The Bertz CT molecular complexity index is 1240. The number of alkyl halides is 3. The van der Waals surface area contributed by atoms with E-state index in [1.807, 2.05) is 7.05 Å². The van der Waals surface area contributed by atoms with Gasteiger partial charge in [-0.25, -0.2) is 4.79 Å². The van der Waals surface area contributed by atoms with Crippen LogP contribution in [0.5, 0.6) is 5.75 Å². The molecule has 8 nitrogen and oxygen atoms in total. The van der Waals surface area contributed by atoms with Crippen molar-refractivity contribution in [1.82, 2.24) is 14.7 Å². The number of likely N-dealkylation sites (N-methyl/N-ethyl adjacent to an activating group) is 1. The Labute approximate surface area is 219 Å². The molecule has 0 atom stereocenters. The first-order valence-electron chi connectivity index (χ1n) is 10.9. The number of hydrogen-bond donors (Lipinski definition) is 2. The summed E-state index contributed by atoms with van der Waals surface area (Å²) in [5.74, 6) is -0.423. The second kappa shape index (κ2) is 10.6. The maximum absolute atomic E-state index is 13.0. The number of aromatic nitrogens is 2. The summed E-state index contributed by atoms with van der Waals surface area (Å²) in [6.45, 7) is 3.29. The molecule has 3 aromatic rings. The number of anilines is 3. The molecule has 2 aromatic carbocycles. The quantitative estimate of drug-likeness (QED) is 0.395. The highest BCUT2D eigenvalue weighted by atomic mass is 79.9. The Morgan fingerprint density at radius 3 is 2.44 bits per heavy atom. The summed E-state index contributed by atoms with van der Waals surface area (Å²) < 4.78 is 45.1. The fourth-order valence-corrected chi connectivity index (χ4v) is 4.65. The number of aryl methyl sites for hydroxylation is 1. The highest BCUT2D eigenvalue weighted by Crippen LogP contribution is 2.39. The number of benzene rings is 2. The van der Waals surface area contributed by atoms with Crippen LogP contribution in [-0.2, 0) is 7.05 Å². The number of carbonyl (C=O) groups is 1. The third kappa shape index (κ3) is 6.23. The molecule has 192 valence electrons. The molecule has 1 aromatic heterocycles. The first kappa shape index (κ1) is 26.1. The van der Waals surface area contributed by atoms with Crippen LogP contribution >= 0.6 is 27.5 Å². The van der Waals surface area contributed by atoms with Crippen LogP contribution in [0.3, 0.4) is 0 Å². The molecule has 1 aliphatic heterocycles. The number of amides is 2. The van der Waals surface area contributed by atoms with Crippen molar-refractivity contribution in [2.45, 2.75) is 6.36 Å². The van der Waals surface area contributed by atoms with Crippen molar-refractivity contribution >= 4 is 50.6 Å². The van der Waals surface area contributed by atoms with Crippen LogP contribution < -0.4 is 20.3 Å². The number of carbonyl (C=O) groups excluding carboxylic acids is 1. The summed E-state index contributed by atoms with van der Waals surface area (Å²) in [6.07, 6.45) is -3.43. The molecule has 13 heteroatoms. The molecule has 1 saturated heterocycles. The Kier molecular flexibility index (Phi) is 7.67. The summed E-state index contributed by atoms with van der Waals surface area (Å²) in [7, 11) is 3.63. The van der Waals surface area contributed by atoms with Gasteiger partial charge in [0.15, 0.2) is 0 Å². The summed E-state index contributed by atoms with van der Waals surface area (Å²) >= 11 is 9.52.